The van der Waals surface area contributed by atoms with Gasteiger partial charge in [-0.3, -0.25) is 4.79 Å². The second kappa shape index (κ2) is 7.72. The fraction of sp³-hybridized carbons (Fsp3) is 0. The van der Waals surface area contributed by atoms with E-state index in [0.29, 0.717) is 16.7 Å². The van der Waals surface area contributed by atoms with Gasteiger partial charge in [0.1, 0.15) is 16.9 Å². The summed E-state index contributed by atoms with van der Waals surface area (Å²) in [6.45, 7) is 0. The van der Waals surface area contributed by atoms with Crippen LogP contribution in [0.4, 0.5) is 5.88 Å². The lowest BCUT2D eigenvalue weighted by Crippen LogP contribution is -2.12. The van der Waals surface area contributed by atoms with Gasteiger partial charge < -0.3 is 10.2 Å². The molecular formula is C23H17N3O2. The monoisotopic (exact) mass is 367 g/mol. The van der Waals surface area contributed by atoms with Crippen LogP contribution in [0, 0.1) is 0 Å². The van der Waals surface area contributed by atoms with Crippen LogP contribution in [0.25, 0.3) is 11.0 Å². The summed E-state index contributed by atoms with van der Waals surface area (Å²) in [4.78, 5) is 12.7. The van der Waals surface area contributed by atoms with Crippen LogP contribution in [-0.2, 0) is 0 Å². The van der Waals surface area contributed by atoms with E-state index < -0.39 is 0 Å². The molecule has 1 heterocycles. The predicted molar refractivity (Wildman–Crippen MR) is 113 cm³/mol. The Balaban J connectivity index is 1.78. The summed E-state index contributed by atoms with van der Waals surface area (Å²) in [7, 11) is 0. The minimum absolute atomic E-state index is 0.0172. The van der Waals surface area contributed by atoms with Gasteiger partial charge >= 0.3 is 0 Å². The predicted octanol–water partition coefficient (Wildman–Crippen LogP) is 4.25. The van der Waals surface area contributed by atoms with Crippen molar-refractivity contribution in [3.05, 3.63) is 112 Å². The number of nitrogens with two attached hydrogens (primary N) is 1. The molecule has 4 rings (SSSR count). The Labute approximate surface area is 161 Å². The van der Waals surface area contributed by atoms with Gasteiger partial charge in [-0.15, -0.1) is 5.10 Å². The van der Waals surface area contributed by atoms with Crippen molar-refractivity contribution in [3.8, 4) is 0 Å². The molecule has 0 atom stereocenters. The molecule has 4 aromatic rings. The van der Waals surface area contributed by atoms with E-state index in [9.17, 15) is 4.79 Å². The fourth-order valence-electron chi connectivity index (χ4n) is 2.91. The van der Waals surface area contributed by atoms with E-state index in [2.05, 4.69) is 10.2 Å². The van der Waals surface area contributed by atoms with Crippen LogP contribution in [0.1, 0.15) is 16.7 Å². The normalized spacial score (nSPS) is 11.0. The Morgan fingerprint density at radius 1 is 0.821 bits per heavy atom. The summed E-state index contributed by atoms with van der Waals surface area (Å²) >= 11 is 0. The molecule has 0 saturated heterocycles. The number of anilines is 1. The Kier molecular flexibility index (Phi) is 4.80. The second-order valence-electron chi connectivity index (χ2n) is 6.13. The van der Waals surface area contributed by atoms with E-state index in [4.69, 9.17) is 10.2 Å². The van der Waals surface area contributed by atoms with Gasteiger partial charge in [0.15, 0.2) is 0 Å². The van der Waals surface area contributed by atoms with E-state index in [1.54, 1.807) is 24.3 Å². The van der Waals surface area contributed by atoms with E-state index in [1.807, 2.05) is 60.7 Å². The maximum absolute atomic E-state index is 12.7. The lowest BCUT2D eigenvalue weighted by atomic mass is 10.0. The standard InChI is InChI=1S/C23H17N3O2/c24-23-19(22(27)18-13-7-8-14-20(18)28-23)15-25-26-21(16-9-3-1-4-10-16)17-11-5-2-6-12-17/h1-15H,24H2/b25-15+. The van der Waals surface area contributed by atoms with Crippen LogP contribution in [0.3, 0.4) is 0 Å². The maximum atomic E-state index is 12.7. The first-order chi connectivity index (χ1) is 13.7. The highest BCUT2D eigenvalue weighted by Gasteiger charge is 2.10. The first-order valence-electron chi connectivity index (χ1n) is 8.77. The summed E-state index contributed by atoms with van der Waals surface area (Å²) in [5.74, 6) is 0.0172. The molecule has 5 nitrogen and oxygen atoms in total. The average Bonchev–Trinajstić information content (AvgIpc) is 2.74. The zero-order valence-electron chi connectivity index (χ0n) is 14.9. The Morgan fingerprint density at radius 2 is 1.39 bits per heavy atom. The molecule has 0 unspecified atom stereocenters. The molecule has 5 heteroatoms. The molecule has 0 fully saturated rings. The van der Waals surface area contributed by atoms with Crippen LogP contribution in [0.2, 0.25) is 0 Å². The molecule has 0 amide bonds. The molecular weight excluding hydrogens is 350 g/mol. The number of para-hydroxylation sites is 1. The molecule has 136 valence electrons. The highest BCUT2D eigenvalue weighted by molar-refractivity contribution is 6.13. The van der Waals surface area contributed by atoms with Gasteiger partial charge in [-0.25, -0.2) is 0 Å². The number of hydrogen-bond acceptors (Lipinski definition) is 5. The number of benzene rings is 3. The van der Waals surface area contributed by atoms with Crippen molar-refractivity contribution < 1.29 is 4.42 Å². The summed E-state index contributed by atoms with van der Waals surface area (Å²) in [5, 5.41) is 8.97. The largest absolute Gasteiger partial charge is 0.440 e. The number of hydrogen-bond donors (Lipinski definition) is 1. The molecule has 0 aliphatic heterocycles. The Morgan fingerprint density at radius 3 is 2.04 bits per heavy atom. The molecule has 1 aromatic heterocycles. The topological polar surface area (TPSA) is 81.0 Å². The molecule has 2 N–H and O–H groups in total. The zero-order chi connectivity index (χ0) is 19.3. The van der Waals surface area contributed by atoms with Crippen LogP contribution in [-0.4, -0.2) is 11.9 Å². The molecule has 0 spiro atoms. The first kappa shape index (κ1) is 17.4. The second-order valence-corrected chi connectivity index (χ2v) is 6.13. The third-order valence-corrected chi connectivity index (χ3v) is 4.30. The van der Waals surface area contributed by atoms with E-state index >= 15 is 0 Å². The smallest absolute Gasteiger partial charge is 0.203 e. The Bertz CT molecular complexity index is 1190. The first-order valence-corrected chi connectivity index (χ1v) is 8.77. The highest BCUT2D eigenvalue weighted by Crippen LogP contribution is 2.16. The maximum Gasteiger partial charge on any atom is 0.203 e. The number of nitrogens with zero attached hydrogens (tertiary/aromatic N) is 2. The third kappa shape index (κ3) is 3.46. The molecule has 0 aliphatic rings. The van der Waals surface area contributed by atoms with Gasteiger partial charge in [0, 0.05) is 11.1 Å². The number of fused-ring (bicyclic) bond motifs is 1. The van der Waals surface area contributed by atoms with Crippen LogP contribution >= 0.6 is 0 Å². The van der Waals surface area contributed by atoms with Gasteiger partial charge in [-0.2, -0.15) is 5.10 Å². The van der Waals surface area contributed by atoms with Gasteiger partial charge in [-0.1, -0.05) is 72.8 Å². The average molecular weight is 367 g/mol. The number of rotatable bonds is 4. The van der Waals surface area contributed by atoms with Crippen molar-refractivity contribution >= 4 is 28.8 Å². The van der Waals surface area contributed by atoms with Crippen molar-refractivity contribution in [2.24, 2.45) is 10.2 Å². The van der Waals surface area contributed by atoms with Crippen molar-refractivity contribution in [2.45, 2.75) is 0 Å². The minimum atomic E-state index is -0.237. The van der Waals surface area contributed by atoms with E-state index in [0.717, 1.165) is 11.1 Å². The number of nitrogen functional groups attached to an aromatic ring is 1. The van der Waals surface area contributed by atoms with Crippen molar-refractivity contribution in [3.63, 3.8) is 0 Å². The lowest BCUT2D eigenvalue weighted by Gasteiger charge is -2.05. The summed E-state index contributed by atoms with van der Waals surface area (Å²) in [5.41, 5.74) is 8.85. The van der Waals surface area contributed by atoms with Gasteiger partial charge in [-0.05, 0) is 12.1 Å². The van der Waals surface area contributed by atoms with Crippen LogP contribution < -0.4 is 11.2 Å². The van der Waals surface area contributed by atoms with Gasteiger partial charge in [0.05, 0.1) is 11.6 Å². The van der Waals surface area contributed by atoms with Crippen LogP contribution in [0.5, 0.6) is 0 Å². The third-order valence-electron chi connectivity index (χ3n) is 4.30. The molecule has 0 saturated carbocycles. The van der Waals surface area contributed by atoms with Crippen molar-refractivity contribution in [1.82, 2.24) is 0 Å². The van der Waals surface area contributed by atoms with E-state index in [-0.39, 0.29) is 16.9 Å². The van der Waals surface area contributed by atoms with Gasteiger partial charge in [0.2, 0.25) is 11.3 Å². The minimum Gasteiger partial charge on any atom is -0.440 e. The highest BCUT2D eigenvalue weighted by atomic mass is 16.3. The molecule has 28 heavy (non-hydrogen) atoms. The van der Waals surface area contributed by atoms with Crippen molar-refractivity contribution in [2.75, 3.05) is 5.73 Å². The lowest BCUT2D eigenvalue weighted by molar-refractivity contribution is 0.624. The molecule has 0 radical (unpaired) electrons. The zero-order valence-corrected chi connectivity index (χ0v) is 14.9. The fourth-order valence-corrected chi connectivity index (χ4v) is 2.91. The summed E-state index contributed by atoms with van der Waals surface area (Å²) in [6.07, 6.45) is 1.35. The van der Waals surface area contributed by atoms with Crippen molar-refractivity contribution in [1.29, 1.82) is 0 Å². The SMILES string of the molecule is Nc1oc2ccccc2c(=O)c1/C=N/N=C(c1ccccc1)c1ccccc1. The summed E-state index contributed by atoms with van der Waals surface area (Å²) in [6, 6.07) is 26.4. The molecule has 0 bridgehead atoms. The van der Waals surface area contributed by atoms with Gasteiger partial charge in [0.25, 0.3) is 0 Å². The summed E-state index contributed by atoms with van der Waals surface area (Å²) < 4.78 is 5.54. The van der Waals surface area contributed by atoms with E-state index in [1.165, 1.54) is 6.21 Å². The molecule has 3 aromatic carbocycles. The Hall–Kier alpha value is -3.99. The molecule has 0 aliphatic carbocycles. The van der Waals surface area contributed by atoms with Crippen LogP contribution in [0.15, 0.2) is 104 Å². The quantitative estimate of drug-likeness (QED) is 0.432.